The van der Waals surface area contributed by atoms with E-state index in [1.54, 1.807) is 12.1 Å². The maximum Gasteiger partial charge on any atom is 0.278 e. The van der Waals surface area contributed by atoms with Gasteiger partial charge in [0.2, 0.25) is 0 Å². The Morgan fingerprint density at radius 1 is 0.875 bits per heavy atom. The van der Waals surface area contributed by atoms with Crippen molar-refractivity contribution in [2.24, 2.45) is 0 Å². The van der Waals surface area contributed by atoms with Gasteiger partial charge in [0.05, 0.1) is 12.1 Å². The third-order valence-corrected chi connectivity index (χ3v) is 6.60. The quantitative estimate of drug-likeness (QED) is 0.515. The predicted molar refractivity (Wildman–Crippen MR) is 127 cm³/mol. The molecule has 0 atom stereocenters. The molecular formula is C27H23ClN2O2. The van der Waals surface area contributed by atoms with Crippen LogP contribution >= 0.6 is 11.6 Å². The second-order valence-corrected chi connectivity index (χ2v) is 8.81. The fraction of sp³-hybridized carbons (Fsp3) is 0.185. The van der Waals surface area contributed by atoms with Crippen LogP contribution in [0.2, 0.25) is 5.02 Å². The highest BCUT2D eigenvalue weighted by atomic mass is 35.5. The zero-order chi connectivity index (χ0) is 22.4. The largest absolute Gasteiger partial charge is 0.336 e. The number of benzene rings is 3. The van der Waals surface area contributed by atoms with Gasteiger partial charge in [-0.15, -0.1) is 0 Å². The molecule has 32 heavy (non-hydrogen) atoms. The second kappa shape index (κ2) is 7.95. The fourth-order valence-corrected chi connectivity index (χ4v) is 4.58. The van der Waals surface area contributed by atoms with Crippen LogP contribution in [0.1, 0.15) is 27.8 Å². The predicted octanol–water partition coefficient (Wildman–Crippen LogP) is 5.30. The molecule has 160 valence electrons. The van der Waals surface area contributed by atoms with Crippen LogP contribution in [0.5, 0.6) is 0 Å². The van der Waals surface area contributed by atoms with Crippen molar-refractivity contribution in [3.8, 4) is 0 Å². The van der Waals surface area contributed by atoms with Gasteiger partial charge in [-0.25, -0.2) is 0 Å². The third-order valence-electron chi connectivity index (χ3n) is 6.35. The number of rotatable bonds is 4. The first-order valence-electron chi connectivity index (χ1n) is 10.7. The molecule has 0 aliphatic carbocycles. The number of carbonyl (C=O) groups excluding carboxylic acids is 2. The number of para-hydroxylation sites is 1. The maximum absolute atomic E-state index is 13.7. The molecule has 2 aliphatic heterocycles. The van der Waals surface area contributed by atoms with Gasteiger partial charge in [0.25, 0.3) is 11.8 Å². The van der Waals surface area contributed by atoms with Crippen molar-refractivity contribution in [2.45, 2.75) is 26.8 Å². The van der Waals surface area contributed by atoms with Crippen molar-refractivity contribution in [3.63, 3.8) is 0 Å². The molecule has 4 nitrogen and oxygen atoms in total. The van der Waals surface area contributed by atoms with Crippen LogP contribution in [0, 0.1) is 13.8 Å². The Morgan fingerprint density at radius 3 is 2.38 bits per heavy atom. The SMILES string of the molecule is Cc1ccc(C2=C(N3CCc4ccccc43)C(=O)N(Cc3ccc(Cl)cc3)C2=O)cc1C. The number of anilines is 1. The summed E-state index contributed by atoms with van der Waals surface area (Å²) in [4.78, 5) is 30.7. The summed E-state index contributed by atoms with van der Waals surface area (Å²) in [5.74, 6) is -0.512. The molecule has 0 aromatic heterocycles. The highest BCUT2D eigenvalue weighted by Gasteiger charge is 2.43. The van der Waals surface area contributed by atoms with Gasteiger partial charge in [-0.3, -0.25) is 14.5 Å². The molecule has 0 saturated carbocycles. The van der Waals surface area contributed by atoms with Gasteiger partial charge in [0.1, 0.15) is 5.70 Å². The van der Waals surface area contributed by atoms with Gasteiger partial charge in [-0.2, -0.15) is 0 Å². The smallest absolute Gasteiger partial charge is 0.278 e. The molecule has 0 spiro atoms. The Morgan fingerprint density at radius 2 is 1.62 bits per heavy atom. The van der Waals surface area contributed by atoms with Crippen molar-refractivity contribution in [2.75, 3.05) is 11.4 Å². The number of imide groups is 1. The standard InChI is InChI=1S/C27H23ClN2O2/c1-17-7-10-21(15-18(17)2)24-25(29-14-13-20-5-3-4-6-23(20)29)27(32)30(26(24)31)16-19-8-11-22(28)12-9-19/h3-12,15H,13-14,16H2,1-2H3. The molecule has 3 aromatic carbocycles. The van der Waals surface area contributed by atoms with Crippen LogP contribution in [0.3, 0.4) is 0 Å². The van der Waals surface area contributed by atoms with Gasteiger partial charge < -0.3 is 4.90 Å². The summed E-state index contributed by atoms with van der Waals surface area (Å²) in [6, 6.07) is 21.3. The number of hydrogen-bond donors (Lipinski definition) is 0. The first-order chi connectivity index (χ1) is 15.4. The minimum atomic E-state index is -0.257. The number of nitrogens with zero attached hydrogens (tertiary/aromatic N) is 2. The molecule has 2 heterocycles. The zero-order valence-corrected chi connectivity index (χ0v) is 18.8. The number of amides is 2. The van der Waals surface area contributed by atoms with E-state index >= 15 is 0 Å². The summed E-state index contributed by atoms with van der Waals surface area (Å²) >= 11 is 6.01. The summed E-state index contributed by atoms with van der Waals surface area (Å²) in [6.45, 7) is 4.95. The van der Waals surface area contributed by atoms with Crippen LogP contribution in [0.15, 0.2) is 72.4 Å². The maximum atomic E-state index is 13.7. The molecule has 3 aromatic rings. The summed E-state index contributed by atoms with van der Waals surface area (Å²) in [5.41, 5.74) is 7.02. The lowest BCUT2D eigenvalue weighted by atomic mass is 9.99. The zero-order valence-electron chi connectivity index (χ0n) is 18.1. The lowest BCUT2D eigenvalue weighted by molar-refractivity contribution is -0.137. The van der Waals surface area contributed by atoms with E-state index in [0.29, 0.717) is 22.8 Å². The van der Waals surface area contributed by atoms with Crippen LogP contribution in [0.4, 0.5) is 5.69 Å². The van der Waals surface area contributed by atoms with Gasteiger partial charge >= 0.3 is 0 Å². The van der Waals surface area contributed by atoms with E-state index < -0.39 is 0 Å². The molecule has 2 amide bonds. The summed E-state index contributed by atoms with van der Waals surface area (Å²) in [6.07, 6.45) is 0.846. The molecule has 5 rings (SSSR count). The lowest BCUT2D eigenvalue weighted by Crippen LogP contribution is -2.34. The molecule has 2 aliphatic rings. The number of hydrogen-bond acceptors (Lipinski definition) is 3. The summed E-state index contributed by atoms with van der Waals surface area (Å²) in [5, 5.41) is 0.621. The second-order valence-electron chi connectivity index (χ2n) is 8.38. The van der Waals surface area contributed by atoms with E-state index in [4.69, 9.17) is 11.6 Å². The minimum absolute atomic E-state index is 0.210. The Hall–Kier alpha value is -3.37. The van der Waals surface area contributed by atoms with Crippen LogP contribution in [0.25, 0.3) is 5.57 Å². The van der Waals surface area contributed by atoms with Gasteiger partial charge in [-0.1, -0.05) is 60.1 Å². The van der Waals surface area contributed by atoms with Crippen molar-refractivity contribution < 1.29 is 9.59 Å². The summed E-state index contributed by atoms with van der Waals surface area (Å²) in [7, 11) is 0. The highest BCUT2D eigenvalue weighted by Crippen LogP contribution is 2.39. The average Bonchev–Trinajstić information content (AvgIpc) is 3.31. The number of carbonyl (C=O) groups is 2. The summed E-state index contributed by atoms with van der Waals surface area (Å²) < 4.78 is 0. The molecule has 5 heteroatoms. The number of aryl methyl sites for hydroxylation is 2. The highest BCUT2D eigenvalue weighted by molar-refractivity contribution is 6.36. The topological polar surface area (TPSA) is 40.6 Å². The monoisotopic (exact) mass is 442 g/mol. The molecule has 0 fully saturated rings. The molecule has 0 radical (unpaired) electrons. The molecular weight excluding hydrogens is 420 g/mol. The Balaban J connectivity index is 1.62. The van der Waals surface area contributed by atoms with Crippen LogP contribution < -0.4 is 4.90 Å². The first kappa shape index (κ1) is 20.5. The fourth-order valence-electron chi connectivity index (χ4n) is 4.46. The minimum Gasteiger partial charge on any atom is -0.336 e. The Kier molecular flexibility index (Phi) is 5.10. The molecule has 0 bridgehead atoms. The molecule has 0 saturated heterocycles. The normalized spacial score (nSPS) is 15.7. The first-order valence-corrected chi connectivity index (χ1v) is 11.1. The third kappa shape index (κ3) is 3.41. The average molecular weight is 443 g/mol. The lowest BCUT2D eigenvalue weighted by Gasteiger charge is -2.22. The van der Waals surface area contributed by atoms with Crippen molar-refractivity contribution in [1.29, 1.82) is 0 Å². The number of halogens is 1. The Bertz CT molecular complexity index is 1280. The van der Waals surface area contributed by atoms with E-state index in [-0.39, 0.29) is 18.4 Å². The Labute approximate surface area is 192 Å². The number of fused-ring (bicyclic) bond motifs is 1. The van der Waals surface area contributed by atoms with E-state index in [9.17, 15) is 9.59 Å². The van der Waals surface area contributed by atoms with E-state index in [2.05, 4.69) is 6.07 Å². The van der Waals surface area contributed by atoms with Gasteiger partial charge in [0.15, 0.2) is 0 Å². The van der Waals surface area contributed by atoms with Crippen LogP contribution in [-0.4, -0.2) is 23.3 Å². The van der Waals surface area contributed by atoms with Gasteiger partial charge in [-0.05, 0) is 66.3 Å². The van der Waals surface area contributed by atoms with Gasteiger partial charge in [0, 0.05) is 17.3 Å². The van der Waals surface area contributed by atoms with E-state index in [1.165, 1.54) is 10.5 Å². The van der Waals surface area contributed by atoms with Crippen molar-refractivity contribution in [3.05, 3.63) is 105 Å². The molecule has 0 unspecified atom stereocenters. The van der Waals surface area contributed by atoms with E-state index in [1.807, 2.05) is 67.3 Å². The van der Waals surface area contributed by atoms with Crippen LogP contribution in [-0.2, 0) is 22.6 Å². The van der Waals surface area contributed by atoms with Crippen molar-refractivity contribution in [1.82, 2.24) is 4.90 Å². The van der Waals surface area contributed by atoms with E-state index in [0.717, 1.165) is 34.4 Å². The van der Waals surface area contributed by atoms with Crippen molar-refractivity contribution >= 4 is 34.7 Å². The molecule has 0 N–H and O–H groups in total.